The molecule has 1 aliphatic carbocycles. The van der Waals surface area contributed by atoms with Gasteiger partial charge in [-0.05, 0) is 25.0 Å². The first kappa shape index (κ1) is 17.0. The molecule has 0 radical (unpaired) electrons. The quantitative estimate of drug-likeness (QED) is 0.693. The van der Waals surface area contributed by atoms with Crippen LogP contribution in [0.1, 0.15) is 24.5 Å². The maximum Gasteiger partial charge on any atom is 0.282 e. The van der Waals surface area contributed by atoms with Crippen molar-refractivity contribution in [2.45, 2.75) is 23.8 Å². The second-order valence-electron chi connectivity index (χ2n) is 6.20. The Kier molecular flexibility index (Phi) is 4.00. The molecule has 4 rings (SSSR count). The highest BCUT2D eigenvalue weighted by molar-refractivity contribution is 7.92. The third-order valence-electron chi connectivity index (χ3n) is 4.20. The topological polar surface area (TPSA) is 92.7 Å². The predicted molar refractivity (Wildman–Crippen MR) is 95.0 cm³/mol. The summed E-state index contributed by atoms with van der Waals surface area (Å²) < 4.78 is 43.1. The van der Waals surface area contributed by atoms with Gasteiger partial charge in [0.25, 0.3) is 10.0 Å². The van der Waals surface area contributed by atoms with Gasteiger partial charge in [0.05, 0.1) is 17.7 Å². The zero-order chi connectivity index (χ0) is 18.5. The first-order chi connectivity index (χ1) is 12.4. The summed E-state index contributed by atoms with van der Waals surface area (Å²) in [5.74, 6) is -0.234. The molecule has 0 spiro atoms. The first-order valence-corrected chi connectivity index (χ1v) is 9.77. The molecule has 0 atom stereocenters. The highest BCUT2D eigenvalue weighted by Crippen LogP contribution is 2.45. The maximum atomic E-state index is 13.6. The molecule has 26 heavy (non-hydrogen) atoms. The molecule has 2 N–H and O–H groups in total. The molecular weight excluding hydrogens is 381 g/mol. The van der Waals surface area contributed by atoms with Gasteiger partial charge in [0.1, 0.15) is 16.7 Å². The Labute approximate surface area is 154 Å². The Hall–Kier alpha value is -2.39. The van der Waals surface area contributed by atoms with Crippen LogP contribution in [0, 0.1) is 5.82 Å². The molecule has 0 bridgehead atoms. The van der Waals surface area contributed by atoms with Crippen molar-refractivity contribution >= 4 is 27.3 Å². The lowest BCUT2D eigenvalue weighted by atomic mass is 10.1. The monoisotopic (exact) mass is 395 g/mol. The summed E-state index contributed by atoms with van der Waals surface area (Å²) in [4.78, 5) is 3.86. The molecule has 7 nitrogen and oxygen atoms in total. The normalized spacial score (nSPS) is 14.6. The van der Waals surface area contributed by atoms with E-state index in [4.69, 9.17) is 11.6 Å². The highest BCUT2D eigenvalue weighted by atomic mass is 35.5. The van der Waals surface area contributed by atoms with E-state index in [1.807, 2.05) is 0 Å². The van der Waals surface area contributed by atoms with Crippen molar-refractivity contribution in [2.24, 2.45) is 7.05 Å². The van der Waals surface area contributed by atoms with Gasteiger partial charge in [0.2, 0.25) is 5.03 Å². The summed E-state index contributed by atoms with van der Waals surface area (Å²) in [6.07, 6.45) is 3.19. The lowest BCUT2D eigenvalue weighted by molar-refractivity contribution is 0.598. The summed E-state index contributed by atoms with van der Waals surface area (Å²) in [6, 6.07) is 5.83. The van der Waals surface area contributed by atoms with Gasteiger partial charge in [-0.15, -0.1) is 0 Å². The molecule has 0 saturated heterocycles. The van der Waals surface area contributed by atoms with Gasteiger partial charge in [-0.25, -0.2) is 9.37 Å². The fourth-order valence-corrected chi connectivity index (χ4v) is 4.25. The van der Waals surface area contributed by atoms with Crippen molar-refractivity contribution in [2.75, 3.05) is 4.72 Å². The fraction of sp³-hybridized carbons (Fsp3) is 0.250. The minimum Gasteiger partial charge on any atom is -0.324 e. The van der Waals surface area contributed by atoms with Crippen molar-refractivity contribution < 1.29 is 12.8 Å². The number of sulfonamides is 1. The number of benzene rings is 1. The van der Waals surface area contributed by atoms with Crippen LogP contribution in [0.4, 0.5) is 10.1 Å². The van der Waals surface area contributed by atoms with Crippen molar-refractivity contribution in [3.63, 3.8) is 0 Å². The number of imidazole rings is 1. The number of aromatic amines is 1. The number of halogens is 2. The number of rotatable bonds is 5. The Bertz CT molecular complexity index is 1090. The minimum atomic E-state index is -4.03. The highest BCUT2D eigenvalue weighted by Gasteiger charge is 2.33. The fourth-order valence-electron chi connectivity index (χ4n) is 2.73. The molecule has 0 unspecified atom stereocenters. The van der Waals surface area contributed by atoms with E-state index in [1.54, 1.807) is 19.2 Å². The molecule has 0 amide bonds. The van der Waals surface area contributed by atoms with Crippen molar-refractivity contribution in [1.82, 2.24) is 19.7 Å². The average molecular weight is 396 g/mol. The largest absolute Gasteiger partial charge is 0.324 e. The Morgan fingerprint density at radius 3 is 2.77 bits per heavy atom. The van der Waals surface area contributed by atoms with Crippen LogP contribution in [0.2, 0.25) is 5.15 Å². The second-order valence-corrected chi connectivity index (χ2v) is 8.16. The predicted octanol–water partition coefficient (Wildman–Crippen LogP) is 3.28. The summed E-state index contributed by atoms with van der Waals surface area (Å²) in [6.45, 7) is 0. The van der Waals surface area contributed by atoms with Crippen molar-refractivity contribution in [3.05, 3.63) is 47.3 Å². The van der Waals surface area contributed by atoms with E-state index in [0.717, 1.165) is 12.8 Å². The third kappa shape index (κ3) is 2.97. The minimum absolute atomic E-state index is 0.00118. The van der Waals surface area contributed by atoms with E-state index >= 15 is 0 Å². The van der Waals surface area contributed by atoms with E-state index in [1.165, 1.54) is 23.0 Å². The molecule has 2 heterocycles. The van der Waals surface area contributed by atoms with Crippen LogP contribution >= 0.6 is 11.6 Å². The molecular formula is C16H15ClFN5O2S. The van der Waals surface area contributed by atoms with Crippen molar-refractivity contribution in [3.8, 4) is 11.3 Å². The summed E-state index contributed by atoms with van der Waals surface area (Å²) in [5, 5.41) is 6.84. The van der Waals surface area contributed by atoms with Crippen LogP contribution < -0.4 is 4.72 Å². The van der Waals surface area contributed by atoms with Gasteiger partial charge in [0, 0.05) is 18.5 Å². The summed E-state index contributed by atoms with van der Waals surface area (Å²) >= 11 is 6.03. The lowest BCUT2D eigenvalue weighted by Crippen LogP contribution is -2.15. The van der Waals surface area contributed by atoms with Gasteiger partial charge in [0.15, 0.2) is 0 Å². The van der Waals surface area contributed by atoms with Crippen molar-refractivity contribution in [1.29, 1.82) is 0 Å². The zero-order valence-electron chi connectivity index (χ0n) is 13.7. The first-order valence-electron chi connectivity index (χ1n) is 7.90. The van der Waals surface area contributed by atoms with Gasteiger partial charge < -0.3 is 4.57 Å². The molecule has 0 aliphatic heterocycles. The second kappa shape index (κ2) is 6.10. The van der Waals surface area contributed by atoms with E-state index in [0.29, 0.717) is 22.6 Å². The van der Waals surface area contributed by atoms with Crippen LogP contribution in [0.15, 0.2) is 35.6 Å². The van der Waals surface area contributed by atoms with Crippen LogP contribution in [0.5, 0.6) is 0 Å². The number of hydrogen-bond donors (Lipinski definition) is 2. The number of aromatic nitrogens is 4. The number of nitrogens with one attached hydrogen (secondary N) is 2. The van der Waals surface area contributed by atoms with Crippen LogP contribution in [0.3, 0.4) is 0 Å². The van der Waals surface area contributed by atoms with E-state index in [2.05, 4.69) is 19.9 Å². The number of aryl methyl sites for hydroxylation is 1. The summed E-state index contributed by atoms with van der Waals surface area (Å²) in [5.41, 5.74) is 1.79. The molecule has 3 aromatic rings. The van der Waals surface area contributed by atoms with Gasteiger partial charge in [-0.3, -0.25) is 9.82 Å². The smallest absolute Gasteiger partial charge is 0.282 e. The molecule has 2 aromatic heterocycles. The van der Waals surface area contributed by atoms with E-state index in [-0.39, 0.29) is 16.1 Å². The third-order valence-corrected chi connectivity index (χ3v) is 6.04. The average Bonchev–Trinajstić information content (AvgIpc) is 3.26. The van der Waals surface area contributed by atoms with Crippen LogP contribution in [0.25, 0.3) is 11.3 Å². The Morgan fingerprint density at radius 2 is 2.15 bits per heavy atom. The Balaban J connectivity index is 1.80. The van der Waals surface area contributed by atoms with Crippen LogP contribution in [-0.4, -0.2) is 28.2 Å². The van der Waals surface area contributed by atoms with Gasteiger partial charge in [-0.1, -0.05) is 23.7 Å². The van der Waals surface area contributed by atoms with Crippen LogP contribution in [-0.2, 0) is 17.1 Å². The number of H-pyrrole nitrogens is 1. The molecule has 1 aliphatic rings. The number of nitrogens with zero attached hydrogens (tertiary/aromatic N) is 3. The summed E-state index contributed by atoms with van der Waals surface area (Å²) in [7, 11) is -2.43. The number of anilines is 1. The molecule has 1 fully saturated rings. The Morgan fingerprint density at radius 1 is 1.38 bits per heavy atom. The molecule has 10 heteroatoms. The van der Waals surface area contributed by atoms with Gasteiger partial charge in [-0.2, -0.15) is 13.5 Å². The van der Waals surface area contributed by atoms with E-state index < -0.39 is 15.8 Å². The molecule has 136 valence electrons. The van der Waals surface area contributed by atoms with Gasteiger partial charge >= 0.3 is 0 Å². The maximum absolute atomic E-state index is 13.6. The SMILES string of the molecule is Cn1cnc(S(=O)(=O)Nc2c(-c3cccc(F)c3)n[nH]c2C2CC2)c1Cl. The number of hydrogen-bond acceptors (Lipinski definition) is 4. The molecule has 1 aromatic carbocycles. The standard InChI is InChI=1S/C16H15ClFN5O2S/c1-23-8-19-16(15(23)17)26(24,25)22-14-12(9-5-6-9)20-21-13(14)10-3-2-4-11(18)7-10/h2-4,7-9,22H,5-6H2,1H3,(H,20,21). The lowest BCUT2D eigenvalue weighted by Gasteiger charge is -2.09. The molecule has 1 saturated carbocycles. The zero-order valence-corrected chi connectivity index (χ0v) is 15.3. The van der Waals surface area contributed by atoms with E-state index in [9.17, 15) is 12.8 Å².